The average molecular weight is 224 g/mol. The number of nitro groups is 1. The van der Waals surface area contributed by atoms with Crippen molar-refractivity contribution in [2.45, 2.75) is 25.3 Å². The maximum Gasteiger partial charge on any atom is 0.275 e. The zero-order valence-corrected chi connectivity index (χ0v) is 8.73. The zero-order chi connectivity index (χ0) is 11.7. The summed E-state index contributed by atoms with van der Waals surface area (Å²) in [5.41, 5.74) is 6.25. The molecule has 0 amide bonds. The van der Waals surface area contributed by atoms with Gasteiger partial charge in [-0.25, -0.2) is 4.39 Å². The Morgan fingerprint density at radius 1 is 1.56 bits per heavy atom. The van der Waals surface area contributed by atoms with E-state index in [1.165, 1.54) is 12.1 Å². The van der Waals surface area contributed by atoms with Gasteiger partial charge in [0.15, 0.2) is 0 Å². The molecule has 0 bridgehead atoms. The maximum atomic E-state index is 12.9. The van der Waals surface area contributed by atoms with Gasteiger partial charge in [-0.3, -0.25) is 10.1 Å². The van der Waals surface area contributed by atoms with Crippen LogP contribution in [0.4, 0.5) is 10.1 Å². The van der Waals surface area contributed by atoms with Gasteiger partial charge in [-0.05, 0) is 37.3 Å². The minimum absolute atomic E-state index is 0.0517. The van der Waals surface area contributed by atoms with Crippen LogP contribution in [0.1, 0.15) is 18.4 Å². The second-order valence-corrected chi connectivity index (χ2v) is 4.24. The molecule has 86 valence electrons. The van der Waals surface area contributed by atoms with Crippen molar-refractivity contribution in [1.29, 1.82) is 0 Å². The minimum Gasteiger partial charge on any atom is -0.327 e. The van der Waals surface area contributed by atoms with Crippen LogP contribution in [0.15, 0.2) is 18.2 Å². The van der Waals surface area contributed by atoms with Gasteiger partial charge in [0, 0.05) is 11.6 Å². The Balaban J connectivity index is 2.21. The molecule has 0 heterocycles. The summed E-state index contributed by atoms with van der Waals surface area (Å²) in [5, 5.41) is 10.7. The van der Waals surface area contributed by atoms with Crippen molar-refractivity contribution in [3.63, 3.8) is 0 Å². The highest BCUT2D eigenvalue weighted by Crippen LogP contribution is 2.34. The smallest absolute Gasteiger partial charge is 0.275 e. The highest BCUT2D eigenvalue weighted by Gasteiger charge is 2.30. The van der Waals surface area contributed by atoms with Crippen molar-refractivity contribution in [3.8, 4) is 0 Å². The minimum atomic E-state index is -0.588. The molecule has 5 heteroatoms. The quantitative estimate of drug-likeness (QED) is 0.628. The summed E-state index contributed by atoms with van der Waals surface area (Å²) < 4.78 is 12.9. The Bertz CT molecular complexity index is 418. The lowest BCUT2D eigenvalue weighted by Gasteiger charge is -2.10. The lowest BCUT2D eigenvalue weighted by molar-refractivity contribution is -0.385. The number of rotatable bonds is 4. The standard InChI is InChI=1S/C11H13FN2O2/c12-9-4-3-8(11(6-9)14(15)16)5-10(13)7-1-2-7/h3-4,6-7,10H,1-2,5,13H2. The van der Waals surface area contributed by atoms with E-state index in [2.05, 4.69) is 0 Å². The number of nitro benzene ring substituents is 1. The first-order chi connectivity index (χ1) is 7.58. The first-order valence-corrected chi connectivity index (χ1v) is 5.26. The van der Waals surface area contributed by atoms with Crippen LogP contribution in [-0.4, -0.2) is 11.0 Å². The molecule has 2 N–H and O–H groups in total. The summed E-state index contributed by atoms with van der Waals surface area (Å²) in [6.07, 6.45) is 2.63. The fraction of sp³-hybridized carbons (Fsp3) is 0.455. The molecule has 0 radical (unpaired) electrons. The fourth-order valence-electron chi connectivity index (χ4n) is 1.82. The topological polar surface area (TPSA) is 69.2 Å². The third-order valence-corrected chi connectivity index (χ3v) is 2.93. The monoisotopic (exact) mass is 224 g/mol. The molecule has 0 saturated heterocycles. The summed E-state index contributed by atoms with van der Waals surface area (Å²) in [7, 11) is 0. The van der Waals surface area contributed by atoms with Crippen molar-refractivity contribution in [2.75, 3.05) is 0 Å². The van der Waals surface area contributed by atoms with Gasteiger partial charge in [0.25, 0.3) is 5.69 Å². The molecule has 2 rings (SSSR count). The SMILES string of the molecule is NC(Cc1ccc(F)cc1[N+](=O)[O-])C1CC1. The number of benzene rings is 1. The highest BCUT2D eigenvalue weighted by molar-refractivity contribution is 5.41. The van der Waals surface area contributed by atoms with E-state index in [9.17, 15) is 14.5 Å². The van der Waals surface area contributed by atoms with Gasteiger partial charge in [-0.15, -0.1) is 0 Å². The second-order valence-electron chi connectivity index (χ2n) is 4.24. The van der Waals surface area contributed by atoms with Gasteiger partial charge < -0.3 is 5.73 Å². The highest BCUT2D eigenvalue weighted by atomic mass is 19.1. The lowest BCUT2D eigenvalue weighted by atomic mass is 10.0. The molecule has 1 aromatic carbocycles. The van der Waals surface area contributed by atoms with Crippen molar-refractivity contribution >= 4 is 5.69 Å². The third kappa shape index (κ3) is 2.36. The Kier molecular flexibility index (Phi) is 2.87. The largest absolute Gasteiger partial charge is 0.327 e. The molecule has 1 fully saturated rings. The Morgan fingerprint density at radius 3 is 2.81 bits per heavy atom. The third-order valence-electron chi connectivity index (χ3n) is 2.93. The molecule has 0 aliphatic heterocycles. The maximum absolute atomic E-state index is 12.9. The van der Waals surface area contributed by atoms with E-state index >= 15 is 0 Å². The van der Waals surface area contributed by atoms with Gasteiger partial charge >= 0.3 is 0 Å². The van der Waals surface area contributed by atoms with Gasteiger partial charge in [-0.2, -0.15) is 0 Å². The molecule has 1 atom stereocenters. The van der Waals surface area contributed by atoms with Crippen LogP contribution in [-0.2, 0) is 6.42 Å². The Hall–Kier alpha value is -1.49. The summed E-state index contributed by atoms with van der Waals surface area (Å²) in [6, 6.07) is 3.59. The van der Waals surface area contributed by atoms with Gasteiger partial charge in [0.1, 0.15) is 5.82 Å². The summed E-state index contributed by atoms with van der Waals surface area (Å²) in [6.45, 7) is 0. The van der Waals surface area contributed by atoms with E-state index in [-0.39, 0.29) is 11.7 Å². The van der Waals surface area contributed by atoms with Crippen LogP contribution in [0.2, 0.25) is 0 Å². The molecule has 0 spiro atoms. The Labute approximate surface area is 92.4 Å². The first kappa shape index (κ1) is 11.0. The van der Waals surface area contributed by atoms with Crippen molar-refractivity contribution < 1.29 is 9.31 Å². The number of nitrogens with two attached hydrogens (primary N) is 1. The zero-order valence-electron chi connectivity index (χ0n) is 8.73. The van der Waals surface area contributed by atoms with Gasteiger partial charge in [0.05, 0.1) is 11.0 Å². The molecule has 0 aromatic heterocycles. The fourth-order valence-corrected chi connectivity index (χ4v) is 1.82. The van der Waals surface area contributed by atoms with Crippen molar-refractivity contribution in [3.05, 3.63) is 39.7 Å². The summed E-state index contributed by atoms with van der Waals surface area (Å²) in [5.74, 6) is -0.111. The van der Waals surface area contributed by atoms with E-state index in [0.29, 0.717) is 17.9 Å². The van der Waals surface area contributed by atoms with Crippen LogP contribution in [0.5, 0.6) is 0 Å². The number of hydrogen-bond donors (Lipinski definition) is 1. The number of hydrogen-bond acceptors (Lipinski definition) is 3. The van der Waals surface area contributed by atoms with Crippen molar-refractivity contribution in [2.24, 2.45) is 11.7 Å². The molecular weight excluding hydrogens is 211 g/mol. The van der Waals surface area contributed by atoms with E-state index in [0.717, 1.165) is 18.9 Å². The second kappa shape index (κ2) is 4.17. The molecule has 4 nitrogen and oxygen atoms in total. The van der Waals surface area contributed by atoms with E-state index < -0.39 is 10.7 Å². The van der Waals surface area contributed by atoms with Crippen LogP contribution in [0.25, 0.3) is 0 Å². The van der Waals surface area contributed by atoms with E-state index in [1.807, 2.05) is 0 Å². The number of halogens is 1. The molecule has 1 saturated carbocycles. The number of nitrogens with zero attached hydrogens (tertiary/aromatic N) is 1. The predicted molar refractivity (Wildman–Crippen MR) is 57.5 cm³/mol. The van der Waals surface area contributed by atoms with E-state index in [4.69, 9.17) is 5.73 Å². The van der Waals surface area contributed by atoms with Crippen LogP contribution in [0.3, 0.4) is 0 Å². The molecule has 16 heavy (non-hydrogen) atoms. The molecule has 1 aromatic rings. The molecule has 1 unspecified atom stereocenters. The van der Waals surface area contributed by atoms with E-state index in [1.54, 1.807) is 0 Å². The predicted octanol–water partition coefficient (Wildman–Crippen LogP) is 2.01. The average Bonchev–Trinajstić information content (AvgIpc) is 3.03. The normalized spacial score (nSPS) is 17.1. The van der Waals surface area contributed by atoms with Crippen LogP contribution >= 0.6 is 0 Å². The van der Waals surface area contributed by atoms with Gasteiger partial charge in [0.2, 0.25) is 0 Å². The summed E-state index contributed by atoms with van der Waals surface area (Å²) >= 11 is 0. The van der Waals surface area contributed by atoms with Crippen LogP contribution < -0.4 is 5.73 Å². The lowest BCUT2D eigenvalue weighted by Crippen LogP contribution is -2.25. The van der Waals surface area contributed by atoms with Gasteiger partial charge in [-0.1, -0.05) is 0 Å². The summed E-state index contributed by atoms with van der Waals surface area (Å²) in [4.78, 5) is 10.2. The van der Waals surface area contributed by atoms with Crippen LogP contribution in [0, 0.1) is 21.8 Å². The molecule has 1 aliphatic carbocycles. The molecule has 1 aliphatic rings. The molecular formula is C11H13FN2O2. The first-order valence-electron chi connectivity index (χ1n) is 5.26. The van der Waals surface area contributed by atoms with Crippen molar-refractivity contribution in [1.82, 2.24) is 0 Å². The Morgan fingerprint density at radius 2 is 2.25 bits per heavy atom.